The van der Waals surface area contributed by atoms with Crippen molar-refractivity contribution in [3.8, 4) is 0 Å². The third-order valence-electron chi connectivity index (χ3n) is 3.77. The molecule has 4 aromatic rings. The van der Waals surface area contributed by atoms with Crippen molar-refractivity contribution >= 4 is 38.3 Å². The second kappa shape index (κ2) is 4.06. The summed E-state index contributed by atoms with van der Waals surface area (Å²) in [6.45, 7) is 1.90. The molecular formula is C17H13N3O. The first-order valence-corrected chi connectivity index (χ1v) is 6.71. The average molecular weight is 275 g/mol. The first kappa shape index (κ1) is 11.9. The molecule has 2 aromatic carbocycles. The van der Waals surface area contributed by atoms with Crippen LogP contribution < -0.4 is 11.3 Å². The van der Waals surface area contributed by atoms with E-state index < -0.39 is 0 Å². The van der Waals surface area contributed by atoms with Gasteiger partial charge in [0.2, 0.25) is 5.55 Å². The van der Waals surface area contributed by atoms with E-state index in [-0.39, 0.29) is 5.55 Å². The maximum absolute atomic E-state index is 8.08. The minimum Gasteiger partial charge on any atom is -0.438 e. The van der Waals surface area contributed by atoms with Gasteiger partial charge in [-0.1, -0.05) is 30.3 Å². The second-order valence-electron chi connectivity index (χ2n) is 5.16. The Hall–Kier alpha value is -2.88. The van der Waals surface area contributed by atoms with Gasteiger partial charge >= 0.3 is 0 Å². The number of rotatable bonds is 0. The van der Waals surface area contributed by atoms with Gasteiger partial charge in [0.15, 0.2) is 0 Å². The predicted molar refractivity (Wildman–Crippen MR) is 84.0 cm³/mol. The number of nitrogens with two attached hydrogens (primary N) is 1. The van der Waals surface area contributed by atoms with Crippen LogP contribution in [0.25, 0.3) is 32.5 Å². The summed E-state index contributed by atoms with van der Waals surface area (Å²) in [5, 5.41) is 12.8. The Kier molecular flexibility index (Phi) is 2.30. The Labute approximate surface area is 120 Å². The number of aromatic nitrogens is 1. The quantitative estimate of drug-likeness (QED) is 0.482. The van der Waals surface area contributed by atoms with Crippen LogP contribution in [0.2, 0.25) is 0 Å². The van der Waals surface area contributed by atoms with E-state index in [1.807, 2.05) is 37.3 Å². The molecule has 21 heavy (non-hydrogen) atoms. The molecule has 0 unspecified atom stereocenters. The van der Waals surface area contributed by atoms with Gasteiger partial charge in [0.05, 0.1) is 5.39 Å². The maximum Gasteiger partial charge on any atom is 0.223 e. The van der Waals surface area contributed by atoms with Crippen molar-refractivity contribution < 1.29 is 4.42 Å². The van der Waals surface area contributed by atoms with Gasteiger partial charge in [-0.05, 0) is 29.8 Å². The summed E-state index contributed by atoms with van der Waals surface area (Å²) >= 11 is 0. The summed E-state index contributed by atoms with van der Waals surface area (Å²) in [5.41, 5.74) is 7.58. The molecule has 0 aliphatic carbocycles. The molecule has 0 amide bonds. The fraction of sp³-hybridized carbons (Fsp3) is 0.0588. The molecule has 0 fully saturated rings. The van der Waals surface area contributed by atoms with Crippen molar-refractivity contribution in [2.24, 2.45) is 0 Å². The molecule has 0 aliphatic rings. The number of benzene rings is 2. The molecule has 4 rings (SSSR count). The van der Waals surface area contributed by atoms with Crippen molar-refractivity contribution in [1.29, 1.82) is 5.41 Å². The van der Waals surface area contributed by atoms with Crippen LogP contribution >= 0.6 is 0 Å². The highest BCUT2D eigenvalue weighted by Gasteiger charge is 2.12. The number of hydrogen-bond donors (Lipinski definition) is 2. The maximum atomic E-state index is 8.08. The van der Waals surface area contributed by atoms with Gasteiger partial charge in [-0.2, -0.15) is 0 Å². The van der Waals surface area contributed by atoms with E-state index in [0.29, 0.717) is 16.8 Å². The molecule has 0 aliphatic heterocycles. The highest BCUT2D eigenvalue weighted by molar-refractivity contribution is 6.19. The number of pyridine rings is 1. The minimum absolute atomic E-state index is 0.0535. The van der Waals surface area contributed by atoms with Crippen LogP contribution in [0.15, 0.2) is 46.9 Å². The van der Waals surface area contributed by atoms with Crippen molar-refractivity contribution in [3.05, 3.63) is 53.7 Å². The number of hydrogen-bond acceptors (Lipinski definition) is 4. The van der Waals surface area contributed by atoms with Gasteiger partial charge in [-0.3, -0.25) is 5.41 Å². The second-order valence-corrected chi connectivity index (χ2v) is 5.16. The number of fused-ring (bicyclic) bond motifs is 5. The van der Waals surface area contributed by atoms with E-state index in [0.717, 1.165) is 27.2 Å². The number of aryl methyl sites for hydroxylation is 1. The van der Waals surface area contributed by atoms with Crippen molar-refractivity contribution in [1.82, 2.24) is 4.98 Å². The predicted octanol–water partition coefficient (Wildman–Crippen LogP) is 3.50. The third kappa shape index (κ3) is 1.62. The Morgan fingerprint density at radius 3 is 2.71 bits per heavy atom. The fourth-order valence-electron chi connectivity index (χ4n) is 2.91. The van der Waals surface area contributed by atoms with Crippen LogP contribution in [0.5, 0.6) is 0 Å². The standard InChI is InChI=1S/C17H13N3O/c1-9-8-12-14-11-5-3-2-4-10(11)6-7-13(14)21-17(19)15(12)16(18)20-9/h2-8,19H,1H3,(H2,18,20). The topological polar surface area (TPSA) is 75.9 Å². The van der Waals surface area contributed by atoms with Crippen molar-refractivity contribution in [3.63, 3.8) is 0 Å². The smallest absolute Gasteiger partial charge is 0.223 e. The van der Waals surface area contributed by atoms with E-state index in [9.17, 15) is 0 Å². The van der Waals surface area contributed by atoms with Crippen LogP contribution in [-0.2, 0) is 0 Å². The molecule has 2 aromatic heterocycles. The molecule has 0 bridgehead atoms. The van der Waals surface area contributed by atoms with E-state index in [4.69, 9.17) is 15.6 Å². The van der Waals surface area contributed by atoms with E-state index in [1.54, 1.807) is 0 Å². The van der Waals surface area contributed by atoms with Crippen molar-refractivity contribution in [2.45, 2.75) is 6.92 Å². The first-order valence-electron chi connectivity index (χ1n) is 6.71. The summed E-state index contributed by atoms with van der Waals surface area (Å²) in [4.78, 5) is 4.25. The highest BCUT2D eigenvalue weighted by Crippen LogP contribution is 2.31. The summed E-state index contributed by atoms with van der Waals surface area (Å²) in [6, 6.07) is 14.0. The number of nitrogens with one attached hydrogen (secondary N) is 1. The first-order chi connectivity index (χ1) is 10.1. The van der Waals surface area contributed by atoms with Crippen LogP contribution in [0.1, 0.15) is 5.69 Å². The van der Waals surface area contributed by atoms with Gasteiger partial charge in [0, 0.05) is 16.5 Å². The Morgan fingerprint density at radius 2 is 1.86 bits per heavy atom. The molecule has 0 spiro atoms. The van der Waals surface area contributed by atoms with Crippen LogP contribution in [0.4, 0.5) is 5.82 Å². The molecule has 0 atom stereocenters. The lowest BCUT2D eigenvalue weighted by molar-refractivity contribution is 0.543. The molecule has 102 valence electrons. The molecule has 4 nitrogen and oxygen atoms in total. The van der Waals surface area contributed by atoms with Crippen LogP contribution in [-0.4, -0.2) is 4.98 Å². The lowest BCUT2D eigenvalue weighted by Crippen LogP contribution is -2.06. The molecule has 0 saturated carbocycles. The fourth-order valence-corrected chi connectivity index (χ4v) is 2.91. The molecule has 0 radical (unpaired) electrons. The lowest BCUT2D eigenvalue weighted by Gasteiger charge is -2.09. The summed E-state index contributed by atoms with van der Waals surface area (Å²) in [7, 11) is 0. The van der Waals surface area contributed by atoms with E-state index in [1.165, 1.54) is 0 Å². The lowest BCUT2D eigenvalue weighted by atomic mass is 10.0. The van der Waals surface area contributed by atoms with Gasteiger partial charge in [0.1, 0.15) is 11.4 Å². The zero-order valence-corrected chi connectivity index (χ0v) is 11.5. The molecule has 2 heterocycles. The SMILES string of the molecule is Cc1cc2c(c(N)n1)c(=N)oc1ccc3ccccc3c12. The van der Waals surface area contributed by atoms with Gasteiger partial charge in [-0.25, -0.2) is 4.98 Å². The van der Waals surface area contributed by atoms with Gasteiger partial charge < -0.3 is 10.2 Å². The van der Waals surface area contributed by atoms with Crippen LogP contribution in [0.3, 0.4) is 0 Å². The van der Waals surface area contributed by atoms with Crippen LogP contribution in [0, 0.1) is 12.3 Å². The molecular weight excluding hydrogens is 262 g/mol. The van der Waals surface area contributed by atoms with Crippen molar-refractivity contribution in [2.75, 3.05) is 5.73 Å². The zero-order valence-electron chi connectivity index (χ0n) is 11.5. The Bertz CT molecular complexity index is 1080. The Morgan fingerprint density at radius 1 is 1.05 bits per heavy atom. The van der Waals surface area contributed by atoms with Gasteiger partial charge in [0.25, 0.3) is 0 Å². The molecule has 0 saturated heterocycles. The highest BCUT2D eigenvalue weighted by atomic mass is 16.3. The monoisotopic (exact) mass is 275 g/mol. The average Bonchev–Trinajstić information content (AvgIpc) is 2.45. The van der Waals surface area contributed by atoms with E-state index >= 15 is 0 Å². The van der Waals surface area contributed by atoms with E-state index in [2.05, 4.69) is 17.1 Å². The Balaban J connectivity index is 2.42. The number of nitrogen functional groups attached to an aromatic ring is 1. The normalized spacial score (nSPS) is 11.5. The summed E-state index contributed by atoms with van der Waals surface area (Å²) < 4.78 is 5.65. The summed E-state index contributed by atoms with van der Waals surface area (Å²) in [6.07, 6.45) is 0. The largest absolute Gasteiger partial charge is 0.438 e. The summed E-state index contributed by atoms with van der Waals surface area (Å²) in [5.74, 6) is 0.341. The molecule has 3 N–H and O–H groups in total. The van der Waals surface area contributed by atoms with Gasteiger partial charge in [-0.15, -0.1) is 0 Å². The number of anilines is 1. The third-order valence-corrected chi connectivity index (χ3v) is 3.77. The minimum atomic E-state index is 0.0535. The molecule has 4 heteroatoms. The number of nitrogens with zero attached hydrogens (tertiary/aromatic N) is 1. The zero-order chi connectivity index (χ0) is 14.6.